The van der Waals surface area contributed by atoms with E-state index in [0.29, 0.717) is 23.3 Å². The Morgan fingerprint density at radius 3 is 1.46 bits per heavy atom. The van der Waals surface area contributed by atoms with E-state index in [1.807, 2.05) is 38.1 Å². The van der Waals surface area contributed by atoms with Crippen LogP contribution in [0, 0.1) is 27.7 Å². The van der Waals surface area contributed by atoms with Crippen LogP contribution < -0.4 is 9.47 Å². The van der Waals surface area contributed by atoms with Crippen LogP contribution >= 0.6 is 0 Å². The Morgan fingerprint density at radius 2 is 1.12 bits per heavy atom. The first kappa shape index (κ1) is 17.1. The molecule has 0 spiro atoms. The largest absolute Gasteiger partial charge is 0.519 e. The highest BCUT2D eigenvalue weighted by Crippen LogP contribution is 2.46. The second-order valence-corrected chi connectivity index (χ2v) is 7.84. The number of hydrogen-bond acceptors (Lipinski definition) is 3. The number of hydrogen-bond donors (Lipinski definition) is 0. The van der Waals surface area contributed by atoms with Gasteiger partial charge in [0, 0.05) is 0 Å². The smallest absolute Gasteiger partial charge is 0.394 e. The summed E-state index contributed by atoms with van der Waals surface area (Å²) in [4.78, 5) is 12.4. The summed E-state index contributed by atoms with van der Waals surface area (Å²) >= 11 is 0. The molecule has 0 heterocycles. The van der Waals surface area contributed by atoms with Gasteiger partial charge in [0.15, 0.2) is 0 Å². The van der Waals surface area contributed by atoms with Crippen LogP contribution in [-0.4, -0.2) is 6.16 Å². The summed E-state index contributed by atoms with van der Waals surface area (Å²) in [5, 5.41) is 0. The van der Waals surface area contributed by atoms with Gasteiger partial charge in [0.2, 0.25) is 0 Å². The van der Waals surface area contributed by atoms with Crippen LogP contribution in [-0.2, 0) is 0 Å². The summed E-state index contributed by atoms with van der Waals surface area (Å²) in [7, 11) is 0. The van der Waals surface area contributed by atoms with Crippen molar-refractivity contribution < 1.29 is 14.3 Å². The fraction of sp³-hybridized carbons (Fsp3) is 0.435. The monoisotopic (exact) mass is 350 g/mol. The van der Waals surface area contributed by atoms with Crippen molar-refractivity contribution in [2.24, 2.45) is 0 Å². The number of rotatable bonds is 4. The summed E-state index contributed by atoms with van der Waals surface area (Å²) in [6.07, 6.45) is 4.24. The Balaban J connectivity index is 1.53. The van der Waals surface area contributed by atoms with E-state index in [1.165, 1.54) is 47.9 Å². The van der Waals surface area contributed by atoms with Gasteiger partial charge in [0.1, 0.15) is 11.5 Å². The lowest BCUT2D eigenvalue weighted by atomic mass is 9.98. The van der Waals surface area contributed by atoms with Gasteiger partial charge in [-0.3, -0.25) is 0 Å². The SMILES string of the molecule is Cc1ccc(OC(=O)Oc2ccc(C)c(C3CC3)c2C)c(C)c1C1CC1. The quantitative estimate of drug-likeness (QED) is 0.483. The zero-order valence-electron chi connectivity index (χ0n) is 16.0. The normalized spacial score (nSPS) is 16.5. The molecule has 0 saturated heterocycles. The Kier molecular flexibility index (Phi) is 4.26. The molecule has 2 fully saturated rings. The van der Waals surface area contributed by atoms with E-state index in [2.05, 4.69) is 13.8 Å². The van der Waals surface area contributed by atoms with Crippen molar-refractivity contribution in [2.75, 3.05) is 0 Å². The number of carbonyl (C=O) groups excluding carboxylic acids is 1. The van der Waals surface area contributed by atoms with Gasteiger partial charge in [-0.15, -0.1) is 0 Å². The highest BCUT2D eigenvalue weighted by molar-refractivity contribution is 5.69. The lowest BCUT2D eigenvalue weighted by molar-refractivity contribution is 0.151. The van der Waals surface area contributed by atoms with Gasteiger partial charge < -0.3 is 9.47 Å². The van der Waals surface area contributed by atoms with Gasteiger partial charge in [-0.05, 0) is 111 Å². The molecule has 2 aromatic carbocycles. The van der Waals surface area contributed by atoms with E-state index < -0.39 is 6.16 Å². The average Bonchev–Trinajstić information content (AvgIpc) is 3.46. The lowest BCUT2D eigenvalue weighted by Crippen LogP contribution is -2.16. The molecule has 2 aromatic rings. The molecule has 0 aromatic heterocycles. The molecule has 0 aliphatic heterocycles. The Bertz CT molecular complexity index is 802. The number of aryl methyl sites for hydroxylation is 2. The zero-order valence-corrected chi connectivity index (χ0v) is 16.0. The minimum Gasteiger partial charge on any atom is -0.394 e. The van der Waals surface area contributed by atoms with E-state index >= 15 is 0 Å². The summed E-state index contributed by atoms with van der Waals surface area (Å²) in [6.45, 7) is 8.31. The van der Waals surface area contributed by atoms with Gasteiger partial charge in [0.25, 0.3) is 0 Å². The minimum atomic E-state index is -0.660. The maximum absolute atomic E-state index is 12.4. The van der Waals surface area contributed by atoms with Crippen LogP contribution in [0.3, 0.4) is 0 Å². The Hall–Kier alpha value is -2.29. The van der Waals surface area contributed by atoms with Crippen LogP contribution in [0.4, 0.5) is 4.79 Å². The first-order chi connectivity index (χ1) is 12.5. The van der Waals surface area contributed by atoms with Crippen LogP contribution in [0.1, 0.15) is 70.9 Å². The highest BCUT2D eigenvalue weighted by atomic mass is 16.7. The Labute approximate surface area is 155 Å². The van der Waals surface area contributed by atoms with Gasteiger partial charge in [-0.25, -0.2) is 4.79 Å². The second kappa shape index (κ2) is 6.46. The van der Waals surface area contributed by atoms with E-state index in [-0.39, 0.29) is 0 Å². The van der Waals surface area contributed by atoms with Gasteiger partial charge in [0.05, 0.1) is 0 Å². The predicted molar refractivity (Wildman–Crippen MR) is 102 cm³/mol. The van der Waals surface area contributed by atoms with Crippen LogP contribution in [0.25, 0.3) is 0 Å². The lowest BCUT2D eigenvalue weighted by Gasteiger charge is -2.16. The third-order valence-electron chi connectivity index (χ3n) is 5.72. The molecule has 3 heteroatoms. The molecule has 0 radical (unpaired) electrons. The highest BCUT2D eigenvalue weighted by Gasteiger charge is 2.29. The van der Waals surface area contributed by atoms with Crippen molar-refractivity contribution >= 4 is 6.16 Å². The molecule has 26 heavy (non-hydrogen) atoms. The summed E-state index contributed by atoms with van der Waals surface area (Å²) in [5.74, 6) is 2.45. The third kappa shape index (κ3) is 3.23. The number of carbonyl (C=O) groups is 1. The minimum absolute atomic E-state index is 0.606. The van der Waals surface area contributed by atoms with E-state index in [1.54, 1.807) is 0 Å². The van der Waals surface area contributed by atoms with E-state index in [9.17, 15) is 4.79 Å². The molecule has 2 aliphatic rings. The summed E-state index contributed by atoms with van der Waals surface area (Å²) < 4.78 is 11.1. The Morgan fingerprint density at radius 1 is 0.731 bits per heavy atom. The third-order valence-corrected chi connectivity index (χ3v) is 5.72. The molecule has 0 unspecified atom stereocenters. The number of benzene rings is 2. The van der Waals surface area contributed by atoms with Crippen molar-refractivity contribution in [3.63, 3.8) is 0 Å². The average molecular weight is 350 g/mol. The van der Waals surface area contributed by atoms with Crippen molar-refractivity contribution in [1.29, 1.82) is 0 Å². The fourth-order valence-corrected chi connectivity index (χ4v) is 4.11. The second-order valence-electron chi connectivity index (χ2n) is 7.84. The summed E-state index contributed by atoms with van der Waals surface area (Å²) in [6, 6.07) is 7.81. The molecule has 4 rings (SSSR count). The molecule has 2 aliphatic carbocycles. The number of ether oxygens (including phenoxy) is 2. The zero-order chi connectivity index (χ0) is 18.4. The molecule has 3 nitrogen and oxygen atoms in total. The predicted octanol–water partition coefficient (Wildman–Crippen LogP) is 6.25. The van der Waals surface area contributed by atoms with Crippen LogP contribution in [0.2, 0.25) is 0 Å². The molecule has 136 valence electrons. The van der Waals surface area contributed by atoms with Gasteiger partial charge >= 0.3 is 6.16 Å². The standard InChI is InChI=1S/C23H26O3/c1-13-5-11-19(15(3)21(13)17-7-8-17)25-23(24)26-20-12-6-14(2)22(16(20)4)18-9-10-18/h5-6,11-12,17-18H,7-10H2,1-4H3. The van der Waals surface area contributed by atoms with Crippen molar-refractivity contribution in [3.05, 3.63) is 57.6 Å². The maximum atomic E-state index is 12.4. The molecule has 0 amide bonds. The molecule has 0 bridgehead atoms. The van der Waals surface area contributed by atoms with Crippen LogP contribution in [0.15, 0.2) is 24.3 Å². The van der Waals surface area contributed by atoms with Crippen molar-refractivity contribution in [1.82, 2.24) is 0 Å². The van der Waals surface area contributed by atoms with Crippen LogP contribution in [0.5, 0.6) is 11.5 Å². The van der Waals surface area contributed by atoms with Gasteiger partial charge in [-0.2, -0.15) is 0 Å². The van der Waals surface area contributed by atoms with E-state index in [0.717, 1.165) is 11.1 Å². The fourth-order valence-electron chi connectivity index (χ4n) is 4.11. The molecule has 0 atom stereocenters. The maximum Gasteiger partial charge on any atom is 0.519 e. The first-order valence-corrected chi connectivity index (χ1v) is 9.55. The topological polar surface area (TPSA) is 35.5 Å². The van der Waals surface area contributed by atoms with E-state index in [4.69, 9.17) is 9.47 Å². The molecule has 2 saturated carbocycles. The molecular weight excluding hydrogens is 324 g/mol. The van der Waals surface area contributed by atoms with Gasteiger partial charge in [-0.1, -0.05) is 12.1 Å². The van der Waals surface area contributed by atoms with Crippen molar-refractivity contribution in [2.45, 2.75) is 65.2 Å². The summed E-state index contributed by atoms with van der Waals surface area (Å²) in [5.41, 5.74) is 7.33. The van der Waals surface area contributed by atoms with Crippen molar-refractivity contribution in [3.8, 4) is 11.5 Å². The molecular formula is C23H26O3. The first-order valence-electron chi connectivity index (χ1n) is 9.55. The molecule has 0 N–H and O–H groups in total.